The van der Waals surface area contributed by atoms with Crippen LogP contribution in [0.15, 0.2) is 0 Å². The third-order valence-corrected chi connectivity index (χ3v) is 0.447. The molecule has 0 fully saturated rings. The summed E-state index contributed by atoms with van der Waals surface area (Å²) in [6, 6.07) is 0. The summed E-state index contributed by atoms with van der Waals surface area (Å²) in [5.41, 5.74) is 0. The monoisotopic (exact) mass is 89.1 g/mol. The van der Waals surface area contributed by atoms with E-state index >= 15 is 0 Å². The first-order chi connectivity index (χ1) is 2.91. The fourth-order valence-electron chi connectivity index (χ4n) is 0.167. The molecule has 0 atom stereocenters. The molecule has 0 aliphatic rings. The molecule has 0 bridgehead atoms. The maximum Gasteiger partial charge on any atom is 0.213 e. The molecule has 1 N–H and O–H groups in total. The first-order valence-corrected chi connectivity index (χ1v) is 1.89. The van der Waals surface area contributed by atoms with Crippen molar-refractivity contribution in [1.82, 2.24) is 0 Å². The van der Waals surface area contributed by atoms with Crippen molar-refractivity contribution in [2.24, 2.45) is 0 Å². The molecule has 0 unspecified atom stereocenters. The van der Waals surface area contributed by atoms with Gasteiger partial charge in [-0.15, -0.1) is 0 Å². The molecule has 0 aromatic rings. The highest BCUT2D eigenvalue weighted by atomic mass is 16.5. The van der Waals surface area contributed by atoms with Gasteiger partial charge in [-0.05, 0) is 6.42 Å². The van der Waals surface area contributed by atoms with Gasteiger partial charge in [0.2, 0.25) is 7.11 Å². The van der Waals surface area contributed by atoms with Gasteiger partial charge in [0.15, 0.2) is 0 Å². The first-order valence-electron chi connectivity index (χ1n) is 1.89. The molecule has 6 heavy (non-hydrogen) atoms. The fourth-order valence-corrected chi connectivity index (χ4v) is 0.167. The predicted molar refractivity (Wildman–Crippen MR) is 23.0 cm³/mol. The number of aliphatic hydroxyl groups is 1. The number of rotatable bonds is 3. The Morgan fingerprint density at radius 3 is 2.50 bits per heavy atom. The maximum atomic E-state index is 8.09. The summed E-state index contributed by atoms with van der Waals surface area (Å²) in [7, 11) is 3.11. The SMILES string of the molecule is [CH2+]OCCCO. The smallest absolute Gasteiger partial charge is 0.213 e. The predicted octanol–water partition coefficient (Wildman–Crippen LogP) is 0.177. The van der Waals surface area contributed by atoms with Crippen LogP contribution in [-0.2, 0) is 4.74 Å². The average Bonchev–Trinajstić information content (AvgIpc) is 1.61. The van der Waals surface area contributed by atoms with Crippen molar-refractivity contribution in [3.63, 3.8) is 0 Å². The molecular formula is C4H9O2+. The van der Waals surface area contributed by atoms with E-state index in [9.17, 15) is 0 Å². The van der Waals surface area contributed by atoms with Crippen LogP contribution >= 0.6 is 0 Å². The maximum absolute atomic E-state index is 8.09. The topological polar surface area (TPSA) is 29.5 Å². The van der Waals surface area contributed by atoms with Crippen LogP contribution in [0.2, 0.25) is 0 Å². The van der Waals surface area contributed by atoms with Crippen LogP contribution in [0.1, 0.15) is 6.42 Å². The van der Waals surface area contributed by atoms with Crippen LogP contribution in [0.4, 0.5) is 0 Å². The molecule has 0 aromatic heterocycles. The molecule has 0 aromatic carbocycles. The van der Waals surface area contributed by atoms with Crippen molar-refractivity contribution >= 4 is 0 Å². The summed E-state index contributed by atoms with van der Waals surface area (Å²) in [6.07, 6.45) is 0.684. The van der Waals surface area contributed by atoms with E-state index in [0.717, 1.165) is 0 Å². The van der Waals surface area contributed by atoms with E-state index in [1.54, 1.807) is 0 Å². The van der Waals surface area contributed by atoms with Crippen molar-refractivity contribution in [2.45, 2.75) is 6.42 Å². The van der Waals surface area contributed by atoms with Crippen LogP contribution in [-0.4, -0.2) is 18.3 Å². The highest BCUT2D eigenvalue weighted by molar-refractivity contribution is 4.27. The number of ether oxygens (including phenoxy) is 1. The van der Waals surface area contributed by atoms with Crippen molar-refractivity contribution in [3.8, 4) is 0 Å². The quantitative estimate of drug-likeness (QED) is 0.394. The highest BCUT2D eigenvalue weighted by Gasteiger charge is 1.80. The Morgan fingerprint density at radius 1 is 1.67 bits per heavy atom. The molecule has 0 amide bonds. The molecule has 2 heteroatoms. The Morgan fingerprint density at radius 2 is 2.33 bits per heavy atom. The van der Waals surface area contributed by atoms with Crippen molar-refractivity contribution in [2.75, 3.05) is 13.2 Å². The summed E-state index contributed by atoms with van der Waals surface area (Å²) in [5.74, 6) is 0. The third-order valence-electron chi connectivity index (χ3n) is 0.447. The molecule has 0 radical (unpaired) electrons. The van der Waals surface area contributed by atoms with E-state index < -0.39 is 0 Å². The minimum Gasteiger partial charge on any atom is -0.396 e. The minimum absolute atomic E-state index is 0.190. The van der Waals surface area contributed by atoms with Crippen LogP contribution < -0.4 is 0 Å². The number of hydrogen-bond acceptors (Lipinski definition) is 2. The van der Waals surface area contributed by atoms with Gasteiger partial charge in [0.05, 0.1) is 0 Å². The van der Waals surface area contributed by atoms with Gasteiger partial charge in [0.1, 0.15) is 6.61 Å². The molecule has 0 aliphatic carbocycles. The largest absolute Gasteiger partial charge is 0.396 e. The van der Waals surface area contributed by atoms with Crippen LogP contribution in [0.3, 0.4) is 0 Å². The summed E-state index contributed by atoms with van der Waals surface area (Å²) in [4.78, 5) is 0. The van der Waals surface area contributed by atoms with Gasteiger partial charge in [0.25, 0.3) is 0 Å². The highest BCUT2D eigenvalue weighted by Crippen LogP contribution is 1.74. The lowest BCUT2D eigenvalue weighted by atomic mass is 10.5. The van der Waals surface area contributed by atoms with Crippen molar-refractivity contribution in [3.05, 3.63) is 7.11 Å². The van der Waals surface area contributed by atoms with Crippen molar-refractivity contribution < 1.29 is 9.84 Å². The molecule has 0 heterocycles. The van der Waals surface area contributed by atoms with Crippen LogP contribution in [0, 0.1) is 7.11 Å². The van der Waals surface area contributed by atoms with E-state index in [1.807, 2.05) is 0 Å². The molecule has 2 nitrogen and oxygen atoms in total. The summed E-state index contributed by atoms with van der Waals surface area (Å²) < 4.78 is 4.37. The lowest BCUT2D eigenvalue weighted by Gasteiger charge is -1.82. The van der Waals surface area contributed by atoms with E-state index in [4.69, 9.17) is 5.11 Å². The second-order valence-electron chi connectivity index (χ2n) is 0.985. The molecular weight excluding hydrogens is 80.0 g/mol. The summed E-state index contributed by atoms with van der Waals surface area (Å²) in [5, 5.41) is 8.09. The Balaban J connectivity index is 2.34. The van der Waals surface area contributed by atoms with Gasteiger partial charge in [-0.2, -0.15) is 4.74 Å². The standard InChI is InChI=1S/C4H9O2/c1-6-4-2-3-5/h5H,1-4H2/q+1. The molecule has 0 aliphatic heterocycles. The lowest BCUT2D eigenvalue weighted by Crippen LogP contribution is -1.89. The van der Waals surface area contributed by atoms with Crippen LogP contribution in [0.25, 0.3) is 0 Å². The average molecular weight is 89.1 g/mol. The molecule has 0 rings (SSSR count). The van der Waals surface area contributed by atoms with Crippen molar-refractivity contribution in [1.29, 1.82) is 0 Å². The van der Waals surface area contributed by atoms with Gasteiger partial charge in [-0.1, -0.05) is 0 Å². The van der Waals surface area contributed by atoms with E-state index in [-0.39, 0.29) is 6.61 Å². The fraction of sp³-hybridized carbons (Fsp3) is 0.750. The second kappa shape index (κ2) is 4.79. The van der Waals surface area contributed by atoms with Gasteiger partial charge < -0.3 is 5.11 Å². The number of aliphatic hydroxyl groups excluding tert-OH is 1. The van der Waals surface area contributed by atoms with Gasteiger partial charge in [-0.3, -0.25) is 0 Å². The van der Waals surface area contributed by atoms with Crippen LogP contribution in [0.5, 0.6) is 0 Å². The normalized spacial score (nSPS) is 8.83. The second-order valence-corrected chi connectivity index (χ2v) is 0.985. The Kier molecular flexibility index (Phi) is 4.62. The third kappa shape index (κ3) is 3.79. The van der Waals surface area contributed by atoms with E-state index in [2.05, 4.69) is 11.8 Å². The summed E-state index contributed by atoms with van der Waals surface area (Å²) in [6.45, 7) is 0.742. The zero-order valence-electron chi connectivity index (χ0n) is 3.68. The number of hydrogen-bond donors (Lipinski definition) is 1. The molecule has 0 saturated heterocycles. The molecule has 0 spiro atoms. The van der Waals surface area contributed by atoms with Gasteiger partial charge >= 0.3 is 0 Å². The lowest BCUT2D eigenvalue weighted by molar-refractivity contribution is 0.195. The van der Waals surface area contributed by atoms with E-state index in [1.165, 1.54) is 0 Å². The molecule has 0 saturated carbocycles. The molecule has 36 valence electrons. The zero-order chi connectivity index (χ0) is 4.83. The van der Waals surface area contributed by atoms with Gasteiger partial charge in [0, 0.05) is 6.61 Å². The first kappa shape index (κ1) is 5.79. The Labute approximate surface area is 37.7 Å². The Hall–Kier alpha value is -0.210. The zero-order valence-corrected chi connectivity index (χ0v) is 3.68. The van der Waals surface area contributed by atoms with Gasteiger partial charge in [-0.25, -0.2) is 0 Å². The Bertz CT molecular complexity index is 17.5. The summed E-state index contributed by atoms with van der Waals surface area (Å²) >= 11 is 0. The minimum atomic E-state index is 0.190. The van der Waals surface area contributed by atoms with E-state index in [0.29, 0.717) is 13.0 Å².